The molecule has 0 aliphatic heterocycles. The molecule has 60 valence electrons. The standard InChI is InChI=1S/C4H8O5S/c5-3(4(6)7)1-2-10(8)9/h3,5H,1-2H2,(H,6,7)(H,8,9). The largest absolute Gasteiger partial charge is 0.479 e. The van der Waals surface area contributed by atoms with Crippen LogP contribution in [-0.2, 0) is 15.9 Å². The molecule has 0 bridgehead atoms. The highest BCUT2D eigenvalue weighted by Crippen LogP contribution is 1.92. The lowest BCUT2D eigenvalue weighted by Crippen LogP contribution is -2.21. The zero-order valence-electron chi connectivity index (χ0n) is 5.06. The first-order chi connectivity index (χ1) is 4.54. The molecule has 0 aromatic rings. The zero-order chi connectivity index (χ0) is 8.15. The van der Waals surface area contributed by atoms with Gasteiger partial charge in [0.25, 0.3) is 0 Å². The van der Waals surface area contributed by atoms with Crippen LogP contribution >= 0.6 is 0 Å². The van der Waals surface area contributed by atoms with Crippen LogP contribution in [0.2, 0.25) is 0 Å². The van der Waals surface area contributed by atoms with Crippen LogP contribution in [0.1, 0.15) is 6.42 Å². The number of carboxylic acid groups (broad SMARTS) is 1. The average molecular weight is 168 g/mol. The lowest BCUT2D eigenvalue weighted by atomic mass is 10.3. The van der Waals surface area contributed by atoms with Gasteiger partial charge in [0.05, 0.1) is 5.75 Å². The Morgan fingerprint density at radius 3 is 2.40 bits per heavy atom. The fourth-order valence-corrected chi connectivity index (χ4v) is 0.761. The Labute approximate surface area is 60.0 Å². The second kappa shape index (κ2) is 4.37. The molecule has 0 saturated heterocycles. The zero-order valence-corrected chi connectivity index (χ0v) is 5.87. The minimum atomic E-state index is -2.03. The Bertz CT molecular complexity index is 145. The summed E-state index contributed by atoms with van der Waals surface area (Å²) in [5.74, 6) is -1.58. The van der Waals surface area contributed by atoms with Crippen molar-refractivity contribution >= 4 is 17.0 Å². The van der Waals surface area contributed by atoms with Crippen molar-refractivity contribution in [3.63, 3.8) is 0 Å². The SMILES string of the molecule is O=C(O)C(O)CCS(=O)O. The first kappa shape index (κ1) is 9.54. The van der Waals surface area contributed by atoms with Crippen molar-refractivity contribution in [2.24, 2.45) is 0 Å². The van der Waals surface area contributed by atoms with Crippen LogP contribution < -0.4 is 0 Å². The molecule has 0 amide bonds. The molecule has 0 heterocycles. The molecule has 0 aliphatic rings. The Balaban J connectivity index is 3.49. The summed E-state index contributed by atoms with van der Waals surface area (Å²) in [5.41, 5.74) is 0. The van der Waals surface area contributed by atoms with Gasteiger partial charge in [-0.05, 0) is 6.42 Å². The Kier molecular flexibility index (Phi) is 4.17. The summed E-state index contributed by atoms with van der Waals surface area (Å²) >= 11 is -2.03. The highest BCUT2D eigenvalue weighted by Gasteiger charge is 2.13. The molecule has 5 nitrogen and oxygen atoms in total. The molecule has 0 fully saturated rings. The maximum Gasteiger partial charge on any atom is 0.332 e. The monoisotopic (exact) mass is 168 g/mol. The molecule has 0 aromatic heterocycles. The molecule has 3 N–H and O–H groups in total. The predicted octanol–water partition coefficient (Wildman–Crippen LogP) is -0.956. The third-order valence-corrected chi connectivity index (χ3v) is 1.44. The van der Waals surface area contributed by atoms with Crippen molar-refractivity contribution in [3.05, 3.63) is 0 Å². The third-order valence-electron chi connectivity index (χ3n) is 0.851. The molecule has 2 unspecified atom stereocenters. The molecular weight excluding hydrogens is 160 g/mol. The maximum atomic E-state index is 9.93. The van der Waals surface area contributed by atoms with E-state index in [0.29, 0.717) is 0 Å². The maximum absolute atomic E-state index is 9.93. The summed E-state index contributed by atoms with van der Waals surface area (Å²) in [6.07, 6.45) is -1.73. The lowest BCUT2D eigenvalue weighted by molar-refractivity contribution is -0.146. The van der Waals surface area contributed by atoms with Gasteiger partial charge in [0.15, 0.2) is 17.2 Å². The number of aliphatic hydroxyl groups excluding tert-OH is 1. The number of aliphatic hydroxyl groups is 1. The van der Waals surface area contributed by atoms with Crippen molar-refractivity contribution in [2.75, 3.05) is 5.75 Å². The predicted molar refractivity (Wildman–Crippen MR) is 33.9 cm³/mol. The van der Waals surface area contributed by atoms with Gasteiger partial charge in [0.2, 0.25) is 0 Å². The normalized spacial score (nSPS) is 16.2. The van der Waals surface area contributed by atoms with Gasteiger partial charge in [-0.3, -0.25) is 0 Å². The van der Waals surface area contributed by atoms with Crippen molar-refractivity contribution in [2.45, 2.75) is 12.5 Å². The molecule has 6 heteroatoms. The molecule has 10 heavy (non-hydrogen) atoms. The molecular formula is C4H8O5S. The van der Waals surface area contributed by atoms with E-state index in [4.69, 9.17) is 14.8 Å². The Morgan fingerprint density at radius 1 is 1.60 bits per heavy atom. The molecule has 0 saturated carbocycles. The minimum Gasteiger partial charge on any atom is -0.479 e. The van der Waals surface area contributed by atoms with Gasteiger partial charge in [0.1, 0.15) is 0 Å². The van der Waals surface area contributed by atoms with Gasteiger partial charge >= 0.3 is 5.97 Å². The average Bonchev–Trinajstić information content (AvgIpc) is 1.82. The molecule has 0 radical (unpaired) electrons. The van der Waals surface area contributed by atoms with Crippen molar-refractivity contribution in [1.82, 2.24) is 0 Å². The summed E-state index contributed by atoms with van der Waals surface area (Å²) in [4.78, 5) is 9.88. The third kappa shape index (κ3) is 4.42. The molecule has 0 rings (SSSR count). The van der Waals surface area contributed by atoms with Gasteiger partial charge < -0.3 is 14.8 Å². The Morgan fingerprint density at radius 2 is 2.10 bits per heavy atom. The summed E-state index contributed by atoms with van der Waals surface area (Å²) < 4.78 is 18.1. The molecule has 0 aliphatic carbocycles. The second-order valence-corrected chi connectivity index (χ2v) is 2.72. The molecule has 2 atom stereocenters. The molecule has 0 spiro atoms. The lowest BCUT2D eigenvalue weighted by Gasteiger charge is -2.00. The highest BCUT2D eigenvalue weighted by molar-refractivity contribution is 7.79. The van der Waals surface area contributed by atoms with E-state index in [2.05, 4.69) is 0 Å². The van der Waals surface area contributed by atoms with E-state index < -0.39 is 23.2 Å². The number of aliphatic carboxylic acids is 1. The Hall–Kier alpha value is -0.460. The highest BCUT2D eigenvalue weighted by atomic mass is 32.2. The van der Waals surface area contributed by atoms with E-state index in [-0.39, 0.29) is 12.2 Å². The van der Waals surface area contributed by atoms with Crippen LogP contribution in [0.15, 0.2) is 0 Å². The number of carbonyl (C=O) groups is 1. The summed E-state index contributed by atoms with van der Waals surface area (Å²) in [6, 6.07) is 0. The van der Waals surface area contributed by atoms with E-state index in [1.807, 2.05) is 0 Å². The second-order valence-electron chi connectivity index (χ2n) is 1.67. The number of hydrogen-bond acceptors (Lipinski definition) is 3. The van der Waals surface area contributed by atoms with Gasteiger partial charge in [-0.1, -0.05) is 0 Å². The summed E-state index contributed by atoms with van der Waals surface area (Å²) in [6.45, 7) is 0. The van der Waals surface area contributed by atoms with E-state index in [1.54, 1.807) is 0 Å². The number of rotatable bonds is 4. The fraction of sp³-hybridized carbons (Fsp3) is 0.750. The van der Waals surface area contributed by atoms with Crippen LogP contribution in [-0.4, -0.2) is 36.8 Å². The van der Waals surface area contributed by atoms with Crippen LogP contribution in [0.25, 0.3) is 0 Å². The quantitative estimate of drug-likeness (QED) is 0.470. The van der Waals surface area contributed by atoms with Gasteiger partial charge in [0, 0.05) is 0 Å². The van der Waals surface area contributed by atoms with Gasteiger partial charge in [-0.2, -0.15) is 0 Å². The van der Waals surface area contributed by atoms with Crippen LogP contribution in [0.5, 0.6) is 0 Å². The minimum absolute atomic E-state index is 0.196. The van der Waals surface area contributed by atoms with Gasteiger partial charge in [-0.15, -0.1) is 0 Å². The van der Waals surface area contributed by atoms with E-state index >= 15 is 0 Å². The fourth-order valence-electron chi connectivity index (χ4n) is 0.336. The van der Waals surface area contributed by atoms with Crippen LogP contribution in [0.4, 0.5) is 0 Å². The number of carboxylic acids is 1. The van der Waals surface area contributed by atoms with Crippen molar-refractivity contribution in [1.29, 1.82) is 0 Å². The van der Waals surface area contributed by atoms with E-state index in [9.17, 15) is 9.00 Å². The van der Waals surface area contributed by atoms with Crippen molar-refractivity contribution in [3.8, 4) is 0 Å². The van der Waals surface area contributed by atoms with Gasteiger partial charge in [-0.25, -0.2) is 9.00 Å². The van der Waals surface area contributed by atoms with Crippen LogP contribution in [0.3, 0.4) is 0 Å². The smallest absolute Gasteiger partial charge is 0.332 e. The summed E-state index contributed by atoms with van der Waals surface area (Å²) in [5, 5.41) is 16.6. The first-order valence-electron chi connectivity index (χ1n) is 2.52. The summed E-state index contributed by atoms with van der Waals surface area (Å²) in [7, 11) is 0. The van der Waals surface area contributed by atoms with E-state index in [1.165, 1.54) is 0 Å². The van der Waals surface area contributed by atoms with E-state index in [0.717, 1.165) is 0 Å². The molecule has 0 aromatic carbocycles. The number of hydrogen-bond donors (Lipinski definition) is 3. The van der Waals surface area contributed by atoms with Crippen LogP contribution in [0, 0.1) is 0 Å². The first-order valence-corrected chi connectivity index (χ1v) is 3.80. The van der Waals surface area contributed by atoms with Crippen molar-refractivity contribution < 1.29 is 23.8 Å². The topological polar surface area (TPSA) is 94.8 Å².